The highest BCUT2D eigenvalue weighted by Crippen LogP contribution is 2.16. The molecule has 1 fully saturated rings. The number of amides is 2. The van der Waals surface area contributed by atoms with Crippen LogP contribution in [0.15, 0.2) is 53.1 Å². The maximum absolute atomic E-state index is 13.3. The number of furan rings is 1. The molecule has 31 heavy (non-hydrogen) atoms. The molecule has 1 unspecified atom stereocenters. The topological polar surface area (TPSA) is 63.0 Å². The van der Waals surface area contributed by atoms with Gasteiger partial charge in [0, 0.05) is 26.1 Å². The number of rotatable bonds is 11. The number of ether oxygens (including phenoxy) is 1. The molecule has 6 heteroatoms. The highest BCUT2D eigenvalue weighted by Gasteiger charge is 2.26. The Bertz CT molecular complexity index is 798. The minimum Gasteiger partial charge on any atom is -0.467 e. The van der Waals surface area contributed by atoms with Crippen LogP contribution >= 0.6 is 0 Å². The summed E-state index contributed by atoms with van der Waals surface area (Å²) >= 11 is 0. The number of carbonyl (C=O) groups is 2. The summed E-state index contributed by atoms with van der Waals surface area (Å²) in [6, 6.07) is 13.7. The molecule has 0 aliphatic carbocycles. The first-order valence-electron chi connectivity index (χ1n) is 11.2. The fourth-order valence-corrected chi connectivity index (χ4v) is 3.89. The summed E-state index contributed by atoms with van der Waals surface area (Å²) in [4.78, 5) is 29.7. The molecule has 1 aromatic carbocycles. The van der Waals surface area contributed by atoms with E-state index >= 15 is 0 Å². The minimum absolute atomic E-state index is 0.0148. The maximum Gasteiger partial charge on any atom is 0.242 e. The molecule has 2 aromatic rings. The quantitative estimate of drug-likeness (QED) is 0.547. The van der Waals surface area contributed by atoms with Crippen molar-refractivity contribution in [3.05, 3.63) is 60.1 Å². The van der Waals surface area contributed by atoms with Crippen LogP contribution in [0.3, 0.4) is 0 Å². The Balaban J connectivity index is 1.64. The van der Waals surface area contributed by atoms with E-state index in [0.29, 0.717) is 32.5 Å². The molecule has 2 amide bonds. The van der Waals surface area contributed by atoms with Gasteiger partial charge in [-0.25, -0.2) is 0 Å². The molecule has 1 aromatic heterocycles. The minimum atomic E-state index is -0.0689. The van der Waals surface area contributed by atoms with E-state index < -0.39 is 0 Å². The van der Waals surface area contributed by atoms with Crippen molar-refractivity contribution in [1.29, 1.82) is 0 Å². The maximum atomic E-state index is 13.3. The van der Waals surface area contributed by atoms with Crippen LogP contribution in [0.2, 0.25) is 0 Å². The molecule has 0 N–H and O–H groups in total. The van der Waals surface area contributed by atoms with E-state index in [0.717, 1.165) is 30.8 Å². The highest BCUT2D eigenvalue weighted by atomic mass is 16.5. The number of hydrogen-bond acceptors (Lipinski definition) is 4. The van der Waals surface area contributed by atoms with Crippen LogP contribution in [-0.4, -0.2) is 54.0 Å². The lowest BCUT2D eigenvalue weighted by molar-refractivity contribution is -0.142. The molecule has 1 atom stereocenters. The Morgan fingerprint density at radius 3 is 2.52 bits per heavy atom. The number of aryl methyl sites for hydroxylation is 1. The van der Waals surface area contributed by atoms with Crippen molar-refractivity contribution in [1.82, 2.24) is 9.80 Å². The van der Waals surface area contributed by atoms with Gasteiger partial charge in [-0.1, -0.05) is 44.2 Å². The smallest absolute Gasteiger partial charge is 0.242 e. The second-order valence-corrected chi connectivity index (χ2v) is 8.64. The van der Waals surface area contributed by atoms with Crippen molar-refractivity contribution in [2.24, 2.45) is 5.92 Å². The molecule has 0 saturated carbocycles. The van der Waals surface area contributed by atoms with Gasteiger partial charge in [0.15, 0.2) is 0 Å². The monoisotopic (exact) mass is 426 g/mol. The third kappa shape index (κ3) is 7.55. The number of carbonyl (C=O) groups excluding carboxylic acids is 2. The molecule has 1 saturated heterocycles. The molecule has 0 radical (unpaired) electrons. The third-order valence-electron chi connectivity index (χ3n) is 5.46. The zero-order chi connectivity index (χ0) is 22.1. The average molecular weight is 427 g/mol. The van der Waals surface area contributed by atoms with Crippen LogP contribution in [0.5, 0.6) is 0 Å². The lowest BCUT2D eigenvalue weighted by atomic mass is 10.1. The van der Waals surface area contributed by atoms with E-state index in [1.54, 1.807) is 16.1 Å². The van der Waals surface area contributed by atoms with Crippen molar-refractivity contribution >= 4 is 11.8 Å². The zero-order valence-corrected chi connectivity index (χ0v) is 18.7. The van der Waals surface area contributed by atoms with Gasteiger partial charge < -0.3 is 19.0 Å². The molecule has 0 bridgehead atoms. The Morgan fingerprint density at radius 2 is 1.87 bits per heavy atom. The van der Waals surface area contributed by atoms with Crippen molar-refractivity contribution in [3.8, 4) is 0 Å². The third-order valence-corrected chi connectivity index (χ3v) is 5.46. The van der Waals surface area contributed by atoms with E-state index in [2.05, 4.69) is 13.8 Å². The molecule has 3 rings (SSSR count). The van der Waals surface area contributed by atoms with Crippen LogP contribution in [0.1, 0.15) is 44.4 Å². The first-order valence-corrected chi connectivity index (χ1v) is 11.2. The molecule has 6 nitrogen and oxygen atoms in total. The van der Waals surface area contributed by atoms with Crippen LogP contribution < -0.4 is 0 Å². The Hall–Kier alpha value is -2.60. The summed E-state index contributed by atoms with van der Waals surface area (Å²) in [5, 5.41) is 0. The summed E-state index contributed by atoms with van der Waals surface area (Å²) < 4.78 is 11.2. The predicted octanol–water partition coefficient (Wildman–Crippen LogP) is 3.90. The van der Waals surface area contributed by atoms with Gasteiger partial charge in [0.2, 0.25) is 11.8 Å². The van der Waals surface area contributed by atoms with Crippen LogP contribution in [0.25, 0.3) is 0 Å². The van der Waals surface area contributed by atoms with Crippen molar-refractivity contribution in [3.63, 3.8) is 0 Å². The first-order chi connectivity index (χ1) is 15.0. The van der Waals surface area contributed by atoms with E-state index in [9.17, 15) is 9.59 Å². The van der Waals surface area contributed by atoms with Gasteiger partial charge >= 0.3 is 0 Å². The standard InChI is InChI=1S/C25H34N2O4/c1-20(2)16-26(24(28)13-12-21-8-4-3-5-9-21)19-25(29)27(17-22-10-6-14-30-22)18-23-11-7-15-31-23/h3-6,8-10,14,20,23H,7,11-13,15-19H2,1-2H3. The van der Waals surface area contributed by atoms with Gasteiger partial charge in [0.25, 0.3) is 0 Å². The van der Waals surface area contributed by atoms with Crippen molar-refractivity contribution in [2.45, 2.75) is 52.2 Å². The Morgan fingerprint density at radius 1 is 1.06 bits per heavy atom. The van der Waals surface area contributed by atoms with Crippen LogP contribution in [-0.2, 0) is 27.3 Å². The SMILES string of the molecule is CC(C)CN(CC(=O)N(Cc1ccco1)CC1CCCO1)C(=O)CCc1ccccc1. The largest absolute Gasteiger partial charge is 0.467 e. The molecule has 1 aliphatic rings. The molecule has 168 valence electrons. The first kappa shape index (κ1) is 23.1. The Kier molecular flexibility index (Phi) is 8.71. The van der Waals surface area contributed by atoms with Gasteiger partial charge in [-0.05, 0) is 42.9 Å². The van der Waals surface area contributed by atoms with Crippen LogP contribution in [0.4, 0.5) is 0 Å². The van der Waals surface area contributed by atoms with Crippen LogP contribution in [0, 0.1) is 5.92 Å². The highest BCUT2D eigenvalue weighted by molar-refractivity contribution is 5.85. The zero-order valence-electron chi connectivity index (χ0n) is 18.7. The van der Waals surface area contributed by atoms with E-state index in [-0.39, 0.29) is 30.4 Å². The lowest BCUT2D eigenvalue weighted by Gasteiger charge is -2.29. The average Bonchev–Trinajstić information content (AvgIpc) is 3.46. The second kappa shape index (κ2) is 11.7. The van der Waals surface area contributed by atoms with Gasteiger partial charge in [-0.2, -0.15) is 0 Å². The Labute approximate surface area is 185 Å². The summed E-state index contributed by atoms with van der Waals surface area (Å²) in [5.74, 6) is 0.962. The van der Waals surface area contributed by atoms with E-state index in [1.165, 1.54) is 0 Å². The van der Waals surface area contributed by atoms with E-state index in [1.807, 2.05) is 42.5 Å². The molecular weight excluding hydrogens is 392 g/mol. The summed E-state index contributed by atoms with van der Waals surface area (Å²) in [5.41, 5.74) is 1.13. The number of hydrogen-bond donors (Lipinski definition) is 0. The number of benzene rings is 1. The fourth-order valence-electron chi connectivity index (χ4n) is 3.89. The second-order valence-electron chi connectivity index (χ2n) is 8.64. The number of nitrogens with zero attached hydrogens (tertiary/aromatic N) is 2. The summed E-state index contributed by atoms with van der Waals surface area (Å²) in [6.45, 7) is 6.43. The predicted molar refractivity (Wildman–Crippen MR) is 119 cm³/mol. The van der Waals surface area contributed by atoms with Gasteiger partial charge in [0.1, 0.15) is 5.76 Å². The van der Waals surface area contributed by atoms with Crippen molar-refractivity contribution in [2.75, 3.05) is 26.2 Å². The van der Waals surface area contributed by atoms with Gasteiger partial charge in [-0.3, -0.25) is 9.59 Å². The lowest BCUT2D eigenvalue weighted by Crippen LogP contribution is -2.46. The fraction of sp³-hybridized carbons (Fsp3) is 0.520. The van der Waals surface area contributed by atoms with E-state index in [4.69, 9.17) is 9.15 Å². The summed E-state index contributed by atoms with van der Waals surface area (Å²) in [6.07, 6.45) is 4.70. The molecule has 0 spiro atoms. The summed E-state index contributed by atoms with van der Waals surface area (Å²) in [7, 11) is 0. The van der Waals surface area contributed by atoms with Crippen molar-refractivity contribution < 1.29 is 18.7 Å². The molecule has 1 aliphatic heterocycles. The van der Waals surface area contributed by atoms with Gasteiger partial charge in [-0.15, -0.1) is 0 Å². The normalized spacial score (nSPS) is 15.9. The van der Waals surface area contributed by atoms with Gasteiger partial charge in [0.05, 0.1) is 25.5 Å². The molecular formula is C25H34N2O4. The molecule has 2 heterocycles.